The lowest BCUT2D eigenvalue weighted by Crippen LogP contribution is -2.56. The fourth-order valence-corrected chi connectivity index (χ4v) is 7.05. The number of hydrogen-bond acceptors (Lipinski definition) is 8. The smallest absolute Gasteiger partial charge is 0.313 e. The molecule has 1 spiro atoms. The van der Waals surface area contributed by atoms with Crippen LogP contribution >= 0.6 is 0 Å². The molecule has 3 saturated heterocycles. The molecule has 2 N–H and O–H groups in total. The highest BCUT2D eigenvalue weighted by molar-refractivity contribution is 6.04. The van der Waals surface area contributed by atoms with Gasteiger partial charge in [-0.1, -0.05) is 42.5 Å². The van der Waals surface area contributed by atoms with E-state index in [4.69, 9.17) is 14.2 Å². The molecule has 3 fully saturated rings. The first kappa shape index (κ1) is 32.9. The highest BCUT2D eigenvalue weighted by Gasteiger charge is 2.75. The molecule has 6 atom stereocenters. The number of allylic oxidation sites excluding steroid dienone is 1. The molecule has 11 heteroatoms. The zero-order valence-corrected chi connectivity index (χ0v) is 26.0. The van der Waals surface area contributed by atoms with Crippen molar-refractivity contribution in [1.29, 1.82) is 0 Å². The number of nitrogens with one attached hydrogen (secondary N) is 1. The summed E-state index contributed by atoms with van der Waals surface area (Å²) in [5.74, 6) is -2.97. The van der Waals surface area contributed by atoms with E-state index in [1.54, 1.807) is 55.7 Å². The maximum Gasteiger partial charge on any atom is 0.313 e. The minimum atomic E-state index is -1.27. The van der Waals surface area contributed by atoms with Gasteiger partial charge in [-0.2, -0.15) is 0 Å². The van der Waals surface area contributed by atoms with Crippen LogP contribution in [0, 0.1) is 11.8 Å². The van der Waals surface area contributed by atoms with Crippen molar-refractivity contribution in [2.45, 2.75) is 49.5 Å². The van der Waals surface area contributed by atoms with Crippen molar-refractivity contribution in [3.05, 3.63) is 85.5 Å². The molecule has 0 radical (unpaired) electrons. The van der Waals surface area contributed by atoms with E-state index in [-0.39, 0.29) is 38.6 Å². The standard InChI is InChI=1S/C35H41N3O8/c1-4-6-12-28(40)36-22-27(23-10-8-7-9-11-23)45-34(43)29-26-17-18-35(46-26)30(29)32(41)38(20-21-39)31(35)33(42)37(19-5-2)24-13-15-25(44-3)16-14-24/h4-5,7-11,13-16,26-27,29-31,39H,1-2,6,12,17-22H2,3H3,(H,36,40)/t26-,27+,29+,30+,31-,35+/m0/s1. The first-order chi connectivity index (χ1) is 22.3. The molecular weight excluding hydrogens is 590 g/mol. The van der Waals surface area contributed by atoms with Crippen LogP contribution in [0.2, 0.25) is 0 Å². The molecule has 0 unspecified atom stereocenters. The molecule has 0 aromatic heterocycles. The predicted molar refractivity (Wildman–Crippen MR) is 170 cm³/mol. The number of likely N-dealkylation sites (tertiary alicyclic amines) is 1. The number of fused-ring (bicyclic) bond motifs is 1. The van der Waals surface area contributed by atoms with Gasteiger partial charge in [0.1, 0.15) is 23.5 Å². The van der Waals surface area contributed by atoms with Gasteiger partial charge >= 0.3 is 5.97 Å². The van der Waals surface area contributed by atoms with Gasteiger partial charge in [-0.3, -0.25) is 19.2 Å². The molecule has 0 saturated carbocycles. The topological polar surface area (TPSA) is 135 Å². The Morgan fingerprint density at radius 2 is 1.89 bits per heavy atom. The van der Waals surface area contributed by atoms with Crippen molar-refractivity contribution < 1.29 is 38.5 Å². The van der Waals surface area contributed by atoms with Crippen molar-refractivity contribution in [3.63, 3.8) is 0 Å². The lowest BCUT2D eigenvalue weighted by Gasteiger charge is -2.36. The molecule has 3 aliphatic rings. The molecule has 0 aliphatic carbocycles. The van der Waals surface area contributed by atoms with Crippen molar-refractivity contribution in [1.82, 2.24) is 10.2 Å². The predicted octanol–water partition coefficient (Wildman–Crippen LogP) is 2.95. The van der Waals surface area contributed by atoms with Gasteiger partial charge in [0.05, 0.1) is 38.2 Å². The summed E-state index contributed by atoms with van der Waals surface area (Å²) >= 11 is 0. The van der Waals surface area contributed by atoms with Gasteiger partial charge in [-0.25, -0.2) is 0 Å². The first-order valence-corrected chi connectivity index (χ1v) is 15.6. The number of aliphatic hydroxyl groups is 1. The number of β-amino-alcohol motifs (C(OH)–C–C–N with tert-alkyl or cyclic N) is 1. The number of amides is 3. The van der Waals surface area contributed by atoms with E-state index >= 15 is 0 Å². The fraction of sp³-hybridized carbons (Fsp3) is 0.429. The Bertz CT molecular complexity index is 1450. The molecule has 46 heavy (non-hydrogen) atoms. The average molecular weight is 632 g/mol. The average Bonchev–Trinajstić information content (AvgIpc) is 3.72. The lowest BCUT2D eigenvalue weighted by atomic mass is 9.70. The highest BCUT2D eigenvalue weighted by Crippen LogP contribution is 2.59. The Hall–Kier alpha value is -4.48. The van der Waals surface area contributed by atoms with Crippen LogP contribution < -0.4 is 15.0 Å². The number of esters is 1. The van der Waals surface area contributed by atoms with Crippen LogP contribution in [0.5, 0.6) is 5.75 Å². The van der Waals surface area contributed by atoms with E-state index in [2.05, 4.69) is 18.5 Å². The number of aliphatic hydroxyl groups excluding tert-OH is 1. The molecule has 3 heterocycles. The van der Waals surface area contributed by atoms with E-state index in [0.717, 1.165) is 0 Å². The van der Waals surface area contributed by atoms with Crippen LogP contribution in [0.25, 0.3) is 0 Å². The van der Waals surface area contributed by atoms with Crippen molar-refractivity contribution >= 4 is 29.4 Å². The highest BCUT2D eigenvalue weighted by atomic mass is 16.6. The number of carbonyl (C=O) groups is 4. The summed E-state index contributed by atoms with van der Waals surface area (Å²) < 4.78 is 17.8. The number of anilines is 1. The molecule has 244 valence electrons. The molecule has 11 nitrogen and oxygen atoms in total. The Kier molecular flexibility index (Phi) is 10.2. The monoisotopic (exact) mass is 631 g/mol. The van der Waals surface area contributed by atoms with E-state index in [1.807, 2.05) is 18.2 Å². The Morgan fingerprint density at radius 3 is 2.54 bits per heavy atom. The van der Waals surface area contributed by atoms with E-state index < -0.39 is 53.5 Å². The Labute approximate surface area is 268 Å². The SMILES string of the molecule is C=CCCC(=O)NC[C@@H](OC(=O)[C@@H]1[C@@H]2CC[C@]3(O2)[C@H](C(=O)N(CC=C)c2ccc(OC)cc2)N(CCO)C(=O)[C@@H]13)c1ccccc1. The van der Waals surface area contributed by atoms with Crippen LogP contribution in [0.1, 0.15) is 37.4 Å². The number of ether oxygens (including phenoxy) is 3. The van der Waals surface area contributed by atoms with Gasteiger partial charge in [-0.05, 0) is 49.1 Å². The fourth-order valence-electron chi connectivity index (χ4n) is 7.05. The summed E-state index contributed by atoms with van der Waals surface area (Å²) in [5.41, 5.74) is -0.0118. The molecule has 5 rings (SSSR count). The summed E-state index contributed by atoms with van der Waals surface area (Å²) in [7, 11) is 1.55. The summed E-state index contributed by atoms with van der Waals surface area (Å²) in [6.07, 6.45) is 3.44. The zero-order chi connectivity index (χ0) is 32.8. The second kappa shape index (κ2) is 14.3. The summed E-state index contributed by atoms with van der Waals surface area (Å²) in [6.45, 7) is 7.20. The molecule has 3 amide bonds. The number of rotatable bonds is 15. The number of hydrogen-bond donors (Lipinski definition) is 2. The van der Waals surface area contributed by atoms with E-state index in [0.29, 0.717) is 36.3 Å². The second-order valence-electron chi connectivity index (χ2n) is 11.7. The van der Waals surface area contributed by atoms with Crippen LogP contribution in [0.4, 0.5) is 5.69 Å². The second-order valence-corrected chi connectivity index (χ2v) is 11.7. The van der Waals surface area contributed by atoms with Crippen molar-refractivity contribution in [2.75, 3.05) is 38.3 Å². The molecule has 2 aromatic rings. The molecular formula is C35H41N3O8. The largest absolute Gasteiger partial charge is 0.497 e. The van der Waals surface area contributed by atoms with E-state index in [1.165, 1.54) is 9.80 Å². The van der Waals surface area contributed by atoms with Crippen molar-refractivity contribution in [2.24, 2.45) is 11.8 Å². The molecule has 2 aromatic carbocycles. The number of methoxy groups -OCH3 is 1. The lowest BCUT2D eigenvalue weighted by molar-refractivity contribution is -0.160. The third-order valence-corrected chi connectivity index (χ3v) is 9.10. The van der Waals surface area contributed by atoms with Gasteiger partial charge < -0.3 is 34.4 Å². The zero-order valence-electron chi connectivity index (χ0n) is 26.0. The molecule has 3 aliphatic heterocycles. The van der Waals surface area contributed by atoms with Crippen LogP contribution in [-0.4, -0.2) is 84.8 Å². The molecule has 2 bridgehead atoms. The maximum absolute atomic E-state index is 14.4. The van der Waals surface area contributed by atoms with Gasteiger partial charge in [0, 0.05) is 25.2 Å². The van der Waals surface area contributed by atoms with Gasteiger partial charge in [-0.15, -0.1) is 13.2 Å². The number of nitrogens with zero attached hydrogens (tertiary/aromatic N) is 2. The third-order valence-electron chi connectivity index (χ3n) is 9.10. The minimum Gasteiger partial charge on any atom is -0.497 e. The Balaban J connectivity index is 1.43. The number of carbonyl (C=O) groups excluding carboxylic acids is 4. The van der Waals surface area contributed by atoms with Crippen LogP contribution in [-0.2, 0) is 28.7 Å². The van der Waals surface area contributed by atoms with Crippen molar-refractivity contribution in [3.8, 4) is 5.75 Å². The number of benzene rings is 2. The minimum absolute atomic E-state index is 0.0455. The van der Waals surface area contributed by atoms with Crippen LogP contribution in [0.15, 0.2) is 79.9 Å². The van der Waals surface area contributed by atoms with E-state index in [9.17, 15) is 24.3 Å². The van der Waals surface area contributed by atoms with Crippen LogP contribution in [0.3, 0.4) is 0 Å². The normalized spacial score (nSPS) is 25.0. The third kappa shape index (κ3) is 6.17. The van der Waals surface area contributed by atoms with Gasteiger partial charge in [0.15, 0.2) is 0 Å². The summed E-state index contributed by atoms with van der Waals surface area (Å²) in [4.78, 5) is 57.8. The quantitative estimate of drug-likeness (QED) is 0.226. The van der Waals surface area contributed by atoms with Gasteiger partial charge in [0.25, 0.3) is 5.91 Å². The first-order valence-electron chi connectivity index (χ1n) is 15.6. The summed E-state index contributed by atoms with van der Waals surface area (Å²) in [6, 6.07) is 15.0. The summed E-state index contributed by atoms with van der Waals surface area (Å²) in [5, 5.41) is 12.8. The van der Waals surface area contributed by atoms with Gasteiger partial charge in [0.2, 0.25) is 11.8 Å². The maximum atomic E-state index is 14.4. The Morgan fingerprint density at radius 1 is 1.15 bits per heavy atom.